The van der Waals surface area contributed by atoms with Gasteiger partial charge in [-0.25, -0.2) is 0 Å². The summed E-state index contributed by atoms with van der Waals surface area (Å²) >= 11 is 0. The van der Waals surface area contributed by atoms with Crippen molar-refractivity contribution in [3.8, 4) is 0 Å². The third kappa shape index (κ3) is 5.19. The predicted octanol–water partition coefficient (Wildman–Crippen LogP) is 5.13. The third-order valence-corrected chi connectivity index (χ3v) is 6.01. The first kappa shape index (κ1) is 19.2. The zero-order valence-electron chi connectivity index (χ0n) is 16.0. The fourth-order valence-corrected chi connectivity index (χ4v) is 4.29. The minimum absolute atomic E-state index is 0.0472. The molecule has 2 aliphatic heterocycles. The van der Waals surface area contributed by atoms with Gasteiger partial charge in [-0.3, -0.25) is 4.79 Å². The maximum absolute atomic E-state index is 12.6. The monoisotopic (exact) mass is 352 g/mol. The number of rotatable bonds is 8. The Balaban J connectivity index is 1.40. The number of carbonyl (C=O) groups is 1. The van der Waals surface area contributed by atoms with E-state index in [0.717, 1.165) is 32.1 Å². The van der Waals surface area contributed by atoms with Crippen LogP contribution in [0.1, 0.15) is 96.8 Å². The molecule has 2 heterocycles. The fraction of sp³-hybridized carbons (Fsp3) is 0.952. The zero-order valence-corrected chi connectivity index (χ0v) is 16.0. The predicted molar refractivity (Wildman–Crippen MR) is 97.2 cm³/mol. The van der Waals surface area contributed by atoms with Gasteiger partial charge in [-0.1, -0.05) is 77.6 Å². The van der Waals surface area contributed by atoms with E-state index in [1.165, 1.54) is 57.8 Å². The van der Waals surface area contributed by atoms with E-state index in [-0.39, 0.29) is 24.1 Å². The van der Waals surface area contributed by atoms with E-state index in [0.29, 0.717) is 6.61 Å². The van der Waals surface area contributed by atoms with Gasteiger partial charge >= 0.3 is 5.97 Å². The first-order valence-corrected chi connectivity index (χ1v) is 10.8. The number of hydrogen-bond acceptors (Lipinski definition) is 4. The SMILES string of the molecule is CCCCCCCCOC(=O)C1CCCCCCCCC2OC23OC13. The number of hydrogen-bond donors (Lipinski definition) is 0. The molecule has 2 saturated heterocycles. The smallest absolute Gasteiger partial charge is 0.311 e. The van der Waals surface area contributed by atoms with E-state index in [1.54, 1.807) is 0 Å². The lowest BCUT2D eigenvalue weighted by Gasteiger charge is -2.14. The molecule has 4 atom stereocenters. The Hall–Kier alpha value is -0.610. The van der Waals surface area contributed by atoms with Crippen LogP contribution in [0.2, 0.25) is 0 Å². The molecule has 0 aromatic carbocycles. The molecule has 0 amide bonds. The van der Waals surface area contributed by atoms with Gasteiger partial charge in [0.05, 0.1) is 12.5 Å². The summed E-state index contributed by atoms with van der Waals surface area (Å²) in [5.74, 6) is -0.575. The number of carbonyl (C=O) groups excluding carboxylic acids is 1. The van der Waals surface area contributed by atoms with Crippen molar-refractivity contribution in [1.82, 2.24) is 0 Å². The number of unbranched alkanes of at least 4 members (excludes halogenated alkanes) is 5. The Kier molecular flexibility index (Phi) is 7.18. The summed E-state index contributed by atoms with van der Waals surface area (Å²) in [4.78, 5) is 12.6. The highest BCUT2D eigenvalue weighted by atomic mass is 16.9. The average molecular weight is 353 g/mol. The minimum Gasteiger partial charge on any atom is -0.465 e. The lowest BCUT2D eigenvalue weighted by atomic mass is 9.93. The van der Waals surface area contributed by atoms with Crippen molar-refractivity contribution in [3.05, 3.63) is 0 Å². The maximum atomic E-state index is 12.6. The second-order valence-electron chi connectivity index (χ2n) is 8.11. The highest BCUT2D eigenvalue weighted by Gasteiger charge is 2.78. The third-order valence-electron chi connectivity index (χ3n) is 6.01. The molecule has 3 rings (SSSR count). The number of ether oxygens (including phenoxy) is 3. The highest BCUT2D eigenvalue weighted by Crippen LogP contribution is 2.60. The fourth-order valence-electron chi connectivity index (χ4n) is 4.29. The van der Waals surface area contributed by atoms with Crippen LogP contribution in [0.5, 0.6) is 0 Å². The van der Waals surface area contributed by atoms with Crippen LogP contribution in [-0.2, 0) is 19.0 Å². The highest BCUT2D eigenvalue weighted by molar-refractivity contribution is 5.74. The first-order valence-electron chi connectivity index (χ1n) is 10.8. The number of esters is 1. The molecular formula is C21H36O4. The van der Waals surface area contributed by atoms with Gasteiger partial charge in [0, 0.05) is 0 Å². The van der Waals surface area contributed by atoms with Gasteiger partial charge in [0.15, 0.2) is 0 Å². The van der Waals surface area contributed by atoms with Crippen molar-refractivity contribution in [2.24, 2.45) is 5.92 Å². The maximum Gasteiger partial charge on any atom is 0.311 e. The summed E-state index contributed by atoms with van der Waals surface area (Å²) in [5, 5.41) is 0. The molecule has 0 bridgehead atoms. The van der Waals surface area contributed by atoms with Gasteiger partial charge in [-0.05, 0) is 19.3 Å². The van der Waals surface area contributed by atoms with Gasteiger partial charge in [0.25, 0.3) is 0 Å². The van der Waals surface area contributed by atoms with Gasteiger partial charge in [0.2, 0.25) is 5.79 Å². The molecule has 0 aromatic heterocycles. The quantitative estimate of drug-likeness (QED) is 0.345. The minimum atomic E-state index is -0.400. The molecule has 4 unspecified atom stereocenters. The van der Waals surface area contributed by atoms with Crippen LogP contribution in [0.15, 0.2) is 0 Å². The van der Waals surface area contributed by atoms with Gasteiger partial charge in [-0.15, -0.1) is 0 Å². The molecular weight excluding hydrogens is 316 g/mol. The molecule has 0 radical (unpaired) electrons. The second kappa shape index (κ2) is 9.36. The lowest BCUT2D eigenvalue weighted by molar-refractivity contribution is -0.149. The Labute approximate surface area is 153 Å². The van der Waals surface area contributed by atoms with Crippen molar-refractivity contribution < 1.29 is 19.0 Å². The number of epoxide rings is 2. The van der Waals surface area contributed by atoms with Crippen LogP contribution in [0.4, 0.5) is 0 Å². The van der Waals surface area contributed by atoms with E-state index < -0.39 is 5.79 Å². The average Bonchev–Trinajstić information content (AvgIpc) is 3.50. The second-order valence-corrected chi connectivity index (χ2v) is 8.11. The normalized spacial score (nSPS) is 34.8. The van der Waals surface area contributed by atoms with Gasteiger partial charge in [0.1, 0.15) is 12.2 Å². The molecule has 1 saturated carbocycles. The van der Waals surface area contributed by atoms with E-state index in [4.69, 9.17) is 14.2 Å². The van der Waals surface area contributed by atoms with Crippen molar-refractivity contribution in [2.75, 3.05) is 6.61 Å². The Morgan fingerprint density at radius 2 is 1.60 bits per heavy atom. The van der Waals surface area contributed by atoms with Crippen molar-refractivity contribution in [3.63, 3.8) is 0 Å². The van der Waals surface area contributed by atoms with Crippen LogP contribution in [-0.4, -0.2) is 30.6 Å². The summed E-state index contributed by atoms with van der Waals surface area (Å²) in [6.45, 7) is 2.79. The Bertz CT molecular complexity index is 424. The van der Waals surface area contributed by atoms with Crippen molar-refractivity contribution in [2.45, 2.75) is 115 Å². The van der Waals surface area contributed by atoms with Crippen LogP contribution in [0.3, 0.4) is 0 Å². The molecule has 3 fully saturated rings. The Morgan fingerprint density at radius 3 is 2.40 bits per heavy atom. The van der Waals surface area contributed by atoms with Gasteiger partial charge in [-0.2, -0.15) is 0 Å². The molecule has 0 aromatic rings. The standard InChI is InChI=1S/C21H36O4/c1-2-3-4-5-10-13-16-23-20(22)17-14-11-8-6-7-9-12-15-18-21(24-18)19(17)25-21/h17-19H,2-16H2,1H3. The van der Waals surface area contributed by atoms with Crippen molar-refractivity contribution in [1.29, 1.82) is 0 Å². The summed E-state index contributed by atoms with van der Waals surface area (Å²) < 4.78 is 17.3. The first-order chi connectivity index (χ1) is 12.3. The zero-order chi connectivity index (χ0) is 17.5. The molecule has 4 nitrogen and oxygen atoms in total. The summed E-state index contributed by atoms with van der Waals surface area (Å²) in [6.07, 6.45) is 16.8. The molecule has 1 aliphatic carbocycles. The van der Waals surface area contributed by atoms with Crippen molar-refractivity contribution >= 4 is 5.97 Å². The lowest BCUT2D eigenvalue weighted by Crippen LogP contribution is -2.26. The van der Waals surface area contributed by atoms with Gasteiger partial charge < -0.3 is 14.2 Å². The molecule has 144 valence electrons. The van der Waals surface area contributed by atoms with E-state index in [2.05, 4.69) is 6.92 Å². The van der Waals surface area contributed by atoms with Crippen LogP contribution < -0.4 is 0 Å². The van der Waals surface area contributed by atoms with E-state index >= 15 is 0 Å². The molecule has 0 N–H and O–H groups in total. The van der Waals surface area contributed by atoms with E-state index in [1.807, 2.05) is 0 Å². The molecule has 3 aliphatic rings. The van der Waals surface area contributed by atoms with Crippen LogP contribution in [0, 0.1) is 5.92 Å². The van der Waals surface area contributed by atoms with Crippen LogP contribution >= 0.6 is 0 Å². The summed E-state index contributed by atoms with van der Waals surface area (Å²) in [7, 11) is 0. The summed E-state index contributed by atoms with van der Waals surface area (Å²) in [5.41, 5.74) is 0. The Morgan fingerprint density at radius 1 is 0.920 bits per heavy atom. The molecule has 1 spiro atoms. The summed E-state index contributed by atoms with van der Waals surface area (Å²) in [6, 6.07) is 0. The largest absolute Gasteiger partial charge is 0.465 e. The van der Waals surface area contributed by atoms with Crippen LogP contribution in [0.25, 0.3) is 0 Å². The molecule has 25 heavy (non-hydrogen) atoms. The van der Waals surface area contributed by atoms with E-state index in [9.17, 15) is 4.79 Å². The molecule has 4 heteroatoms. The topological polar surface area (TPSA) is 51.4 Å².